The van der Waals surface area contributed by atoms with Crippen molar-refractivity contribution in [3.05, 3.63) is 46.4 Å². The molecule has 0 spiro atoms. The summed E-state index contributed by atoms with van der Waals surface area (Å²) in [6, 6.07) is 3.00. The van der Waals surface area contributed by atoms with Gasteiger partial charge in [-0.2, -0.15) is 0 Å². The maximum Gasteiger partial charge on any atom is 0.284 e. The Bertz CT molecular complexity index is 712. The lowest BCUT2D eigenvalue weighted by Crippen LogP contribution is -2.24. The molecule has 0 radical (unpaired) electrons. The van der Waals surface area contributed by atoms with Gasteiger partial charge in [-0.15, -0.1) is 0 Å². The smallest absolute Gasteiger partial charge is 0.284 e. The molecule has 7 nitrogen and oxygen atoms in total. The van der Waals surface area contributed by atoms with Crippen LogP contribution < -0.4 is 11.1 Å². The third-order valence-corrected chi connectivity index (χ3v) is 3.10. The van der Waals surface area contributed by atoms with Crippen LogP contribution in [0.2, 0.25) is 5.02 Å². The van der Waals surface area contributed by atoms with Crippen LogP contribution in [0.4, 0.5) is 0 Å². The number of primary amides is 1. The van der Waals surface area contributed by atoms with Gasteiger partial charge in [0.15, 0.2) is 5.76 Å². The number of halogens is 1. The van der Waals surface area contributed by atoms with Crippen LogP contribution in [0, 0.1) is 0 Å². The second-order valence-electron chi connectivity index (χ2n) is 4.89. The number of nitrogens with one attached hydrogen (secondary N) is 1. The van der Waals surface area contributed by atoms with Gasteiger partial charge in [-0.3, -0.25) is 9.59 Å². The number of rotatable bonds is 5. The van der Waals surface area contributed by atoms with Crippen LogP contribution in [0.5, 0.6) is 0 Å². The van der Waals surface area contributed by atoms with E-state index in [0.717, 1.165) is 0 Å². The van der Waals surface area contributed by atoms with Crippen molar-refractivity contribution in [2.24, 2.45) is 5.73 Å². The molecule has 2 heterocycles. The molecule has 0 aliphatic heterocycles. The fourth-order valence-corrected chi connectivity index (χ4v) is 1.85. The highest BCUT2D eigenvalue weighted by Gasteiger charge is 2.16. The Morgan fingerprint density at radius 2 is 2.14 bits per heavy atom. The molecule has 0 fully saturated rings. The molecule has 0 atom stereocenters. The normalized spacial score (nSPS) is 10.7. The predicted octanol–water partition coefficient (Wildman–Crippen LogP) is 1.88. The minimum Gasteiger partial charge on any atom is -0.454 e. The van der Waals surface area contributed by atoms with Gasteiger partial charge < -0.3 is 15.5 Å². The van der Waals surface area contributed by atoms with Gasteiger partial charge in [0.25, 0.3) is 11.8 Å². The van der Waals surface area contributed by atoms with E-state index in [1.807, 2.05) is 13.8 Å². The summed E-state index contributed by atoms with van der Waals surface area (Å²) in [5, 5.41) is 2.78. The monoisotopic (exact) mass is 322 g/mol. The van der Waals surface area contributed by atoms with E-state index in [1.54, 1.807) is 6.07 Å². The van der Waals surface area contributed by atoms with Gasteiger partial charge in [0.2, 0.25) is 0 Å². The summed E-state index contributed by atoms with van der Waals surface area (Å²) in [5.41, 5.74) is 5.18. The van der Waals surface area contributed by atoms with Crippen LogP contribution in [0.25, 0.3) is 0 Å². The zero-order valence-electron chi connectivity index (χ0n) is 12.1. The highest BCUT2D eigenvalue weighted by molar-refractivity contribution is 6.33. The molecule has 0 saturated heterocycles. The van der Waals surface area contributed by atoms with E-state index in [9.17, 15) is 9.59 Å². The zero-order valence-corrected chi connectivity index (χ0v) is 12.8. The number of nitrogens with zero attached hydrogens (tertiary/aromatic N) is 2. The predicted molar refractivity (Wildman–Crippen MR) is 79.5 cm³/mol. The summed E-state index contributed by atoms with van der Waals surface area (Å²) < 4.78 is 5.17. The lowest BCUT2D eigenvalue weighted by Gasteiger charge is -2.08. The summed E-state index contributed by atoms with van der Waals surface area (Å²) >= 11 is 5.95. The van der Waals surface area contributed by atoms with Crippen LogP contribution in [0.3, 0.4) is 0 Å². The van der Waals surface area contributed by atoms with Gasteiger partial charge in [-0.1, -0.05) is 25.4 Å². The van der Waals surface area contributed by atoms with Crippen LogP contribution in [0.15, 0.2) is 22.7 Å². The van der Waals surface area contributed by atoms with Crippen LogP contribution in [-0.2, 0) is 6.54 Å². The number of amides is 2. The molecule has 2 rings (SSSR count). The zero-order chi connectivity index (χ0) is 16.3. The first kappa shape index (κ1) is 16.0. The largest absolute Gasteiger partial charge is 0.454 e. The minimum absolute atomic E-state index is 0.0337. The molecule has 2 amide bonds. The third-order valence-electron chi connectivity index (χ3n) is 2.82. The molecule has 0 saturated carbocycles. The first-order chi connectivity index (χ1) is 10.4. The molecule has 0 aliphatic rings. The number of nitrogens with two attached hydrogens (primary N) is 1. The van der Waals surface area contributed by atoms with E-state index in [1.165, 1.54) is 12.3 Å². The number of aromatic nitrogens is 2. The highest BCUT2D eigenvalue weighted by Crippen LogP contribution is 2.16. The molecule has 0 aliphatic carbocycles. The van der Waals surface area contributed by atoms with Gasteiger partial charge in [-0.05, 0) is 12.1 Å². The second kappa shape index (κ2) is 6.57. The van der Waals surface area contributed by atoms with E-state index in [4.69, 9.17) is 21.8 Å². The van der Waals surface area contributed by atoms with Crippen molar-refractivity contribution in [2.45, 2.75) is 26.3 Å². The highest BCUT2D eigenvalue weighted by atomic mass is 35.5. The molecular weight excluding hydrogens is 308 g/mol. The van der Waals surface area contributed by atoms with E-state index >= 15 is 0 Å². The van der Waals surface area contributed by atoms with Gasteiger partial charge in [0, 0.05) is 5.92 Å². The SMILES string of the molecule is CC(C)c1ncc(Cl)c(C(=O)NCc2ccc(C(N)=O)o2)n1. The molecule has 8 heteroatoms. The number of furan rings is 1. The van der Waals surface area contributed by atoms with Crippen LogP contribution in [0.1, 0.15) is 52.4 Å². The molecule has 0 bridgehead atoms. The van der Waals surface area contributed by atoms with E-state index in [2.05, 4.69) is 15.3 Å². The molecule has 0 aromatic carbocycles. The lowest BCUT2D eigenvalue weighted by molar-refractivity contribution is 0.0942. The summed E-state index contributed by atoms with van der Waals surface area (Å²) in [7, 11) is 0. The summed E-state index contributed by atoms with van der Waals surface area (Å²) in [6.45, 7) is 3.92. The van der Waals surface area contributed by atoms with Crippen LogP contribution in [-0.4, -0.2) is 21.8 Å². The molecule has 0 unspecified atom stereocenters. The molecule has 2 aromatic rings. The van der Waals surface area contributed by atoms with Gasteiger partial charge >= 0.3 is 0 Å². The van der Waals surface area contributed by atoms with Crippen molar-refractivity contribution in [1.82, 2.24) is 15.3 Å². The Balaban J connectivity index is 2.08. The van der Waals surface area contributed by atoms with E-state index < -0.39 is 11.8 Å². The second-order valence-corrected chi connectivity index (χ2v) is 5.30. The van der Waals surface area contributed by atoms with Gasteiger partial charge in [0.05, 0.1) is 17.8 Å². The molecule has 22 heavy (non-hydrogen) atoms. The Morgan fingerprint density at radius 3 is 2.73 bits per heavy atom. The summed E-state index contributed by atoms with van der Waals surface area (Å²) in [5.74, 6) is -0.0808. The third kappa shape index (κ3) is 3.62. The van der Waals surface area contributed by atoms with Crippen LogP contribution >= 0.6 is 11.6 Å². The summed E-state index contributed by atoms with van der Waals surface area (Å²) in [4.78, 5) is 31.3. The Morgan fingerprint density at radius 1 is 1.41 bits per heavy atom. The quantitative estimate of drug-likeness (QED) is 0.873. The van der Waals surface area contributed by atoms with Crippen molar-refractivity contribution < 1.29 is 14.0 Å². The Hall–Kier alpha value is -2.41. The van der Waals surface area contributed by atoms with Gasteiger partial charge in [-0.25, -0.2) is 9.97 Å². The Kier molecular flexibility index (Phi) is 4.77. The summed E-state index contributed by atoms with van der Waals surface area (Å²) in [6.07, 6.45) is 1.40. The maximum absolute atomic E-state index is 12.1. The topological polar surface area (TPSA) is 111 Å². The number of hydrogen-bond donors (Lipinski definition) is 2. The van der Waals surface area contributed by atoms with Crippen molar-refractivity contribution in [1.29, 1.82) is 0 Å². The standard InChI is InChI=1S/C14H15ClN4O3/c1-7(2)13-17-6-9(15)11(19-13)14(21)18-5-8-3-4-10(22-8)12(16)20/h3-4,6-7H,5H2,1-2H3,(H2,16,20)(H,18,21). The molecular formula is C14H15ClN4O3. The van der Waals surface area contributed by atoms with Crippen molar-refractivity contribution >= 4 is 23.4 Å². The first-order valence-electron chi connectivity index (χ1n) is 6.57. The van der Waals surface area contributed by atoms with Crippen molar-refractivity contribution in [3.8, 4) is 0 Å². The molecule has 2 aromatic heterocycles. The molecule has 116 valence electrons. The fourth-order valence-electron chi connectivity index (χ4n) is 1.67. The Labute approximate surface area is 131 Å². The maximum atomic E-state index is 12.1. The average molecular weight is 323 g/mol. The number of carbonyl (C=O) groups is 2. The van der Waals surface area contributed by atoms with Crippen molar-refractivity contribution in [2.75, 3.05) is 0 Å². The van der Waals surface area contributed by atoms with E-state index in [0.29, 0.717) is 11.6 Å². The fraction of sp³-hybridized carbons (Fsp3) is 0.286. The molecule has 3 N–H and O–H groups in total. The minimum atomic E-state index is -0.669. The number of carbonyl (C=O) groups excluding carboxylic acids is 2. The van der Waals surface area contributed by atoms with E-state index in [-0.39, 0.29) is 28.9 Å². The first-order valence-corrected chi connectivity index (χ1v) is 6.95. The average Bonchev–Trinajstić information content (AvgIpc) is 2.94. The van der Waals surface area contributed by atoms with Gasteiger partial charge in [0.1, 0.15) is 17.3 Å². The number of hydrogen-bond acceptors (Lipinski definition) is 5. The lowest BCUT2D eigenvalue weighted by atomic mass is 10.2. The van der Waals surface area contributed by atoms with Crippen molar-refractivity contribution in [3.63, 3.8) is 0 Å².